The molecule has 2 fully saturated rings. The molecular formula is C14H20N4S. The molecule has 2 aliphatic rings. The van der Waals surface area contributed by atoms with E-state index in [2.05, 4.69) is 23.3 Å². The lowest BCUT2D eigenvalue weighted by molar-refractivity contribution is 0.399. The number of thiophene rings is 1. The van der Waals surface area contributed by atoms with Crippen LogP contribution in [0.5, 0.6) is 0 Å². The summed E-state index contributed by atoms with van der Waals surface area (Å²) in [5.41, 5.74) is 8.04. The predicted molar refractivity (Wildman–Crippen MR) is 79.5 cm³/mol. The molecule has 0 aromatic carbocycles. The molecule has 0 amide bonds. The number of hydrogen-bond donors (Lipinski definition) is 2. The fraction of sp³-hybridized carbons (Fsp3) is 0.643. The number of nitriles is 1. The van der Waals surface area contributed by atoms with E-state index in [-0.39, 0.29) is 0 Å². The average Bonchev–Trinajstić information content (AvgIpc) is 3.06. The minimum absolute atomic E-state index is 0.590. The molecule has 1 aromatic heterocycles. The molecule has 3 rings (SSSR count). The van der Waals surface area contributed by atoms with Gasteiger partial charge in [0.15, 0.2) is 0 Å². The van der Waals surface area contributed by atoms with Crippen LogP contribution >= 0.6 is 11.3 Å². The van der Waals surface area contributed by atoms with E-state index in [1.807, 2.05) is 0 Å². The Kier molecular flexibility index (Phi) is 3.38. The molecule has 1 aliphatic carbocycles. The third-order valence-corrected chi connectivity index (χ3v) is 5.19. The third-order valence-electron chi connectivity index (χ3n) is 4.11. The number of nitrogens with one attached hydrogen (secondary N) is 1. The van der Waals surface area contributed by atoms with E-state index in [4.69, 9.17) is 11.0 Å². The van der Waals surface area contributed by atoms with Gasteiger partial charge >= 0.3 is 0 Å². The van der Waals surface area contributed by atoms with Crippen LogP contribution in [0.4, 0.5) is 10.7 Å². The molecule has 2 heterocycles. The Morgan fingerprint density at radius 1 is 1.47 bits per heavy atom. The van der Waals surface area contributed by atoms with Crippen LogP contribution in [0.25, 0.3) is 0 Å². The number of rotatable bonds is 4. The summed E-state index contributed by atoms with van der Waals surface area (Å²) in [7, 11) is 2.17. The highest BCUT2D eigenvalue weighted by atomic mass is 32.1. The molecule has 5 heteroatoms. The summed E-state index contributed by atoms with van der Waals surface area (Å²) in [5.74, 6) is 1.30. The molecule has 0 radical (unpaired) electrons. The lowest BCUT2D eigenvalue weighted by atomic mass is 10.1. The smallest absolute Gasteiger partial charge is 0.130 e. The lowest BCUT2D eigenvalue weighted by Crippen LogP contribution is -2.19. The molecule has 1 atom stereocenters. The summed E-state index contributed by atoms with van der Waals surface area (Å²) >= 11 is 1.53. The maximum Gasteiger partial charge on any atom is 0.130 e. The van der Waals surface area contributed by atoms with E-state index in [0.717, 1.165) is 23.8 Å². The van der Waals surface area contributed by atoms with Crippen LogP contribution in [-0.4, -0.2) is 31.6 Å². The molecule has 0 bridgehead atoms. The fourth-order valence-electron chi connectivity index (χ4n) is 2.88. The van der Waals surface area contributed by atoms with Crippen molar-refractivity contribution in [1.82, 2.24) is 4.90 Å². The van der Waals surface area contributed by atoms with Gasteiger partial charge in [0.05, 0.1) is 10.7 Å². The summed E-state index contributed by atoms with van der Waals surface area (Å²) in [5, 5.41) is 13.8. The van der Waals surface area contributed by atoms with Crippen LogP contribution < -0.4 is 11.1 Å². The van der Waals surface area contributed by atoms with Gasteiger partial charge in [0.25, 0.3) is 0 Å². The number of nitrogen functional groups attached to an aromatic ring is 1. The molecule has 1 aliphatic heterocycles. The second-order valence-electron chi connectivity index (χ2n) is 5.77. The van der Waals surface area contributed by atoms with Gasteiger partial charge in [-0.25, -0.2) is 0 Å². The second kappa shape index (κ2) is 5.03. The number of anilines is 2. The summed E-state index contributed by atoms with van der Waals surface area (Å²) in [6.45, 7) is 3.35. The van der Waals surface area contributed by atoms with Crippen LogP contribution in [0.2, 0.25) is 0 Å². The van der Waals surface area contributed by atoms with E-state index < -0.39 is 0 Å². The highest BCUT2D eigenvalue weighted by molar-refractivity contribution is 7.17. The first-order valence-corrected chi connectivity index (χ1v) is 7.75. The normalized spacial score (nSPS) is 23.5. The Bertz CT molecular complexity index is 512. The Balaban J connectivity index is 1.71. The van der Waals surface area contributed by atoms with Crippen molar-refractivity contribution in [1.29, 1.82) is 5.26 Å². The standard InChI is InChI=1S/C14H20N4S/c1-18-5-4-9(8-18)7-17-14-12(10-2-3-10)13(16)11(6-15)19-14/h9-10,17H,2-5,7-8,16H2,1H3. The molecule has 19 heavy (non-hydrogen) atoms. The first-order chi connectivity index (χ1) is 9.19. The Morgan fingerprint density at radius 2 is 2.26 bits per heavy atom. The van der Waals surface area contributed by atoms with Crippen molar-refractivity contribution in [2.45, 2.75) is 25.2 Å². The van der Waals surface area contributed by atoms with Crippen molar-refractivity contribution in [3.63, 3.8) is 0 Å². The number of likely N-dealkylation sites (tertiary alicyclic amines) is 1. The van der Waals surface area contributed by atoms with Crippen LogP contribution in [0, 0.1) is 17.2 Å². The van der Waals surface area contributed by atoms with E-state index in [1.54, 1.807) is 0 Å². The average molecular weight is 276 g/mol. The van der Waals surface area contributed by atoms with Gasteiger partial charge in [-0.2, -0.15) is 5.26 Å². The maximum atomic E-state index is 9.12. The van der Waals surface area contributed by atoms with E-state index in [1.165, 1.54) is 42.7 Å². The van der Waals surface area contributed by atoms with Crippen LogP contribution in [0.3, 0.4) is 0 Å². The minimum atomic E-state index is 0.590. The zero-order valence-electron chi connectivity index (χ0n) is 11.3. The van der Waals surface area contributed by atoms with Crippen LogP contribution in [0.15, 0.2) is 0 Å². The van der Waals surface area contributed by atoms with E-state index >= 15 is 0 Å². The highest BCUT2D eigenvalue weighted by Crippen LogP contribution is 2.50. The van der Waals surface area contributed by atoms with Gasteiger partial charge < -0.3 is 16.0 Å². The minimum Gasteiger partial charge on any atom is -0.397 e. The van der Waals surface area contributed by atoms with Gasteiger partial charge in [-0.3, -0.25) is 0 Å². The molecular weight excluding hydrogens is 256 g/mol. The molecule has 1 aromatic rings. The number of nitrogens with zero attached hydrogens (tertiary/aromatic N) is 2. The number of nitrogens with two attached hydrogens (primary N) is 1. The maximum absolute atomic E-state index is 9.12. The summed E-state index contributed by atoms with van der Waals surface area (Å²) in [6.07, 6.45) is 3.69. The third kappa shape index (κ3) is 2.56. The predicted octanol–water partition coefficient (Wildman–Crippen LogP) is 2.44. The van der Waals surface area contributed by atoms with Gasteiger partial charge in [0.1, 0.15) is 10.9 Å². The molecule has 3 N–H and O–H groups in total. The summed E-state index contributed by atoms with van der Waals surface area (Å²) in [6, 6.07) is 2.22. The van der Waals surface area contributed by atoms with Crippen molar-refractivity contribution >= 4 is 22.0 Å². The Morgan fingerprint density at radius 3 is 2.84 bits per heavy atom. The highest BCUT2D eigenvalue weighted by Gasteiger charge is 2.31. The molecule has 0 spiro atoms. The van der Waals surface area contributed by atoms with Gasteiger partial charge in [-0.15, -0.1) is 11.3 Å². The van der Waals surface area contributed by atoms with Crippen molar-refractivity contribution in [3.8, 4) is 6.07 Å². The lowest BCUT2D eigenvalue weighted by Gasteiger charge is -2.13. The summed E-state index contributed by atoms with van der Waals surface area (Å²) < 4.78 is 0. The zero-order valence-corrected chi connectivity index (χ0v) is 12.1. The van der Waals surface area contributed by atoms with Crippen molar-refractivity contribution in [3.05, 3.63) is 10.4 Å². The van der Waals surface area contributed by atoms with Crippen molar-refractivity contribution < 1.29 is 0 Å². The van der Waals surface area contributed by atoms with Crippen molar-refractivity contribution in [2.75, 3.05) is 37.7 Å². The zero-order chi connectivity index (χ0) is 13.4. The molecule has 1 saturated heterocycles. The van der Waals surface area contributed by atoms with Gasteiger partial charge in [-0.1, -0.05) is 0 Å². The van der Waals surface area contributed by atoms with E-state index in [9.17, 15) is 0 Å². The fourth-order valence-corrected chi connectivity index (χ4v) is 3.89. The first-order valence-electron chi connectivity index (χ1n) is 6.93. The molecule has 1 saturated carbocycles. The van der Waals surface area contributed by atoms with Crippen molar-refractivity contribution in [2.24, 2.45) is 5.92 Å². The van der Waals surface area contributed by atoms with E-state index in [0.29, 0.717) is 16.7 Å². The molecule has 102 valence electrons. The topological polar surface area (TPSA) is 65.1 Å². The van der Waals surface area contributed by atoms with Gasteiger partial charge in [0, 0.05) is 18.7 Å². The van der Waals surface area contributed by atoms with Gasteiger partial charge in [0.2, 0.25) is 0 Å². The largest absolute Gasteiger partial charge is 0.397 e. The van der Waals surface area contributed by atoms with Crippen LogP contribution in [-0.2, 0) is 0 Å². The number of hydrogen-bond acceptors (Lipinski definition) is 5. The Hall–Kier alpha value is -1.25. The Labute approximate surface area is 118 Å². The SMILES string of the molecule is CN1CCC(CNc2sc(C#N)c(N)c2C2CC2)C1. The molecule has 4 nitrogen and oxygen atoms in total. The first kappa shape index (κ1) is 12.8. The summed E-state index contributed by atoms with van der Waals surface area (Å²) in [4.78, 5) is 3.05. The van der Waals surface area contributed by atoms with Crippen LogP contribution in [0.1, 0.15) is 35.6 Å². The monoisotopic (exact) mass is 276 g/mol. The van der Waals surface area contributed by atoms with Gasteiger partial charge in [-0.05, 0) is 44.7 Å². The second-order valence-corrected chi connectivity index (χ2v) is 6.79. The molecule has 1 unspecified atom stereocenters. The quantitative estimate of drug-likeness (QED) is 0.886.